The molecule has 0 aliphatic heterocycles. The summed E-state index contributed by atoms with van der Waals surface area (Å²) in [5.74, 6) is 1.67. The standard InChI is InChI=1S/C14H17N5O2/c1-14(20,8-15)7-13-18-12(19-21-13)6-11-16-9-4-2-3-5-10(9)17-11/h2-5,20H,6-8,15H2,1H3,(H,16,17). The lowest BCUT2D eigenvalue weighted by atomic mass is 10.0. The summed E-state index contributed by atoms with van der Waals surface area (Å²) in [7, 11) is 0. The van der Waals surface area contributed by atoms with Crippen LogP contribution < -0.4 is 5.73 Å². The molecule has 2 heterocycles. The van der Waals surface area contributed by atoms with Gasteiger partial charge in [-0.25, -0.2) is 4.98 Å². The number of hydrogen-bond acceptors (Lipinski definition) is 6. The lowest BCUT2D eigenvalue weighted by Gasteiger charge is -2.17. The van der Waals surface area contributed by atoms with Gasteiger partial charge in [-0.15, -0.1) is 0 Å². The van der Waals surface area contributed by atoms with Gasteiger partial charge in [0.15, 0.2) is 5.82 Å². The van der Waals surface area contributed by atoms with Crippen LogP contribution in [0.1, 0.15) is 24.5 Å². The summed E-state index contributed by atoms with van der Waals surface area (Å²) in [6.45, 7) is 1.77. The normalized spacial score (nSPS) is 14.4. The smallest absolute Gasteiger partial charge is 0.229 e. The van der Waals surface area contributed by atoms with Crippen molar-refractivity contribution in [1.29, 1.82) is 0 Å². The van der Waals surface area contributed by atoms with E-state index in [1.807, 2.05) is 24.3 Å². The fourth-order valence-corrected chi connectivity index (χ4v) is 2.07. The minimum absolute atomic E-state index is 0.133. The highest BCUT2D eigenvalue weighted by molar-refractivity contribution is 5.74. The van der Waals surface area contributed by atoms with Gasteiger partial charge >= 0.3 is 0 Å². The van der Waals surface area contributed by atoms with Crippen molar-refractivity contribution in [2.45, 2.75) is 25.4 Å². The van der Waals surface area contributed by atoms with Crippen molar-refractivity contribution in [3.05, 3.63) is 41.8 Å². The molecule has 3 aromatic rings. The van der Waals surface area contributed by atoms with Crippen molar-refractivity contribution in [2.75, 3.05) is 6.54 Å². The first-order valence-corrected chi connectivity index (χ1v) is 6.73. The molecule has 0 aliphatic rings. The number of imidazole rings is 1. The number of aromatic amines is 1. The van der Waals surface area contributed by atoms with E-state index in [4.69, 9.17) is 10.3 Å². The van der Waals surface area contributed by atoms with Crippen molar-refractivity contribution < 1.29 is 9.63 Å². The topological polar surface area (TPSA) is 114 Å². The molecule has 1 unspecified atom stereocenters. The number of benzene rings is 1. The quantitative estimate of drug-likeness (QED) is 0.639. The maximum absolute atomic E-state index is 9.90. The lowest BCUT2D eigenvalue weighted by Crippen LogP contribution is -2.36. The molecule has 0 aliphatic carbocycles. The van der Waals surface area contributed by atoms with Crippen LogP contribution in [0, 0.1) is 0 Å². The van der Waals surface area contributed by atoms with Gasteiger partial charge < -0.3 is 20.3 Å². The number of H-pyrrole nitrogens is 1. The van der Waals surface area contributed by atoms with Crippen LogP contribution in [-0.4, -0.2) is 37.4 Å². The number of nitrogens with one attached hydrogen (secondary N) is 1. The molecule has 4 N–H and O–H groups in total. The second-order valence-electron chi connectivity index (χ2n) is 5.36. The molecule has 1 atom stereocenters. The van der Waals surface area contributed by atoms with E-state index in [0.717, 1.165) is 16.9 Å². The summed E-state index contributed by atoms with van der Waals surface area (Å²) < 4.78 is 5.13. The molecule has 7 heteroatoms. The van der Waals surface area contributed by atoms with Gasteiger partial charge in [0.25, 0.3) is 0 Å². The molecule has 0 saturated carbocycles. The van der Waals surface area contributed by atoms with Crippen LogP contribution in [-0.2, 0) is 12.8 Å². The fraction of sp³-hybridized carbons (Fsp3) is 0.357. The van der Waals surface area contributed by atoms with Crippen LogP contribution in [0.25, 0.3) is 11.0 Å². The Hall–Kier alpha value is -2.25. The molecule has 0 saturated heterocycles. The molecule has 1 aromatic carbocycles. The van der Waals surface area contributed by atoms with E-state index < -0.39 is 5.60 Å². The van der Waals surface area contributed by atoms with Crippen LogP contribution in [0.4, 0.5) is 0 Å². The third-order valence-electron chi connectivity index (χ3n) is 3.25. The van der Waals surface area contributed by atoms with Gasteiger partial charge in [-0.1, -0.05) is 17.3 Å². The number of nitrogens with two attached hydrogens (primary N) is 1. The SMILES string of the molecule is CC(O)(CN)Cc1nc(Cc2nc3ccccc3[nH]2)no1. The second-order valence-corrected chi connectivity index (χ2v) is 5.36. The molecule has 0 fully saturated rings. The Morgan fingerprint density at radius 2 is 2.14 bits per heavy atom. The molecule has 0 radical (unpaired) electrons. The average molecular weight is 287 g/mol. The molecule has 21 heavy (non-hydrogen) atoms. The van der Waals surface area contributed by atoms with Gasteiger partial charge in [0.05, 0.1) is 29.5 Å². The van der Waals surface area contributed by atoms with Crippen LogP contribution in [0.15, 0.2) is 28.8 Å². The maximum Gasteiger partial charge on any atom is 0.229 e. The van der Waals surface area contributed by atoms with Crippen molar-refractivity contribution >= 4 is 11.0 Å². The summed E-state index contributed by atoms with van der Waals surface area (Å²) in [5, 5.41) is 13.8. The Labute approximate surface area is 121 Å². The van der Waals surface area contributed by atoms with Crippen LogP contribution >= 0.6 is 0 Å². The predicted octanol–water partition coefficient (Wildman–Crippen LogP) is 0.789. The van der Waals surface area contributed by atoms with E-state index in [0.29, 0.717) is 18.1 Å². The van der Waals surface area contributed by atoms with Crippen LogP contribution in [0.2, 0.25) is 0 Å². The molecule has 3 rings (SSSR count). The zero-order chi connectivity index (χ0) is 14.9. The summed E-state index contributed by atoms with van der Waals surface area (Å²) in [4.78, 5) is 11.9. The number of rotatable bonds is 5. The Morgan fingerprint density at radius 3 is 2.90 bits per heavy atom. The van der Waals surface area contributed by atoms with Gasteiger partial charge in [-0.3, -0.25) is 0 Å². The number of nitrogens with zero attached hydrogens (tertiary/aromatic N) is 3. The Kier molecular flexibility index (Phi) is 3.44. The van der Waals surface area contributed by atoms with Crippen molar-refractivity contribution in [1.82, 2.24) is 20.1 Å². The summed E-state index contributed by atoms with van der Waals surface area (Å²) in [6.07, 6.45) is 0.680. The highest BCUT2D eigenvalue weighted by Crippen LogP contribution is 2.14. The molecule has 0 spiro atoms. The van der Waals surface area contributed by atoms with Crippen molar-refractivity contribution in [3.8, 4) is 0 Å². The summed E-state index contributed by atoms with van der Waals surface area (Å²) in [6, 6.07) is 7.79. The maximum atomic E-state index is 9.90. The third-order valence-corrected chi connectivity index (χ3v) is 3.25. The minimum Gasteiger partial charge on any atom is -0.388 e. The van der Waals surface area contributed by atoms with E-state index in [9.17, 15) is 5.11 Å². The largest absolute Gasteiger partial charge is 0.388 e. The summed E-state index contributed by atoms with van der Waals surface area (Å²) >= 11 is 0. The van der Waals surface area contributed by atoms with Crippen LogP contribution in [0.3, 0.4) is 0 Å². The van der Waals surface area contributed by atoms with Crippen LogP contribution in [0.5, 0.6) is 0 Å². The first-order valence-electron chi connectivity index (χ1n) is 6.73. The molecular formula is C14H17N5O2. The average Bonchev–Trinajstić information content (AvgIpc) is 3.04. The van der Waals surface area contributed by atoms with Gasteiger partial charge in [0, 0.05) is 6.54 Å². The molecule has 0 amide bonds. The second kappa shape index (κ2) is 5.27. The zero-order valence-electron chi connectivity index (χ0n) is 11.7. The van der Waals surface area contributed by atoms with E-state index in [-0.39, 0.29) is 13.0 Å². The van der Waals surface area contributed by atoms with Gasteiger partial charge in [-0.05, 0) is 19.1 Å². The Balaban J connectivity index is 1.75. The van der Waals surface area contributed by atoms with E-state index in [1.54, 1.807) is 6.92 Å². The van der Waals surface area contributed by atoms with Crippen molar-refractivity contribution in [3.63, 3.8) is 0 Å². The monoisotopic (exact) mass is 287 g/mol. The van der Waals surface area contributed by atoms with Crippen molar-refractivity contribution in [2.24, 2.45) is 5.73 Å². The van der Waals surface area contributed by atoms with Gasteiger partial charge in [-0.2, -0.15) is 4.98 Å². The molecular weight excluding hydrogens is 270 g/mol. The highest BCUT2D eigenvalue weighted by atomic mass is 16.5. The number of hydrogen-bond donors (Lipinski definition) is 3. The number of fused-ring (bicyclic) bond motifs is 1. The minimum atomic E-state index is -1.04. The third kappa shape index (κ3) is 3.09. The zero-order valence-corrected chi connectivity index (χ0v) is 11.7. The first kappa shape index (κ1) is 13.7. The predicted molar refractivity (Wildman–Crippen MR) is 76.6 cm³/mol. The molecule has 0 bridgehead atoms. The fourth-order valence-electron chi connectivity index (χ4n) is 2.07. The van der Waals surface area contributed by atoms with Gasteiger partial charge in [0.2, 0.25) is 5.89 Å². The highest BCUT2D eigenvalue weighted by Gasteiger charge is 2.22. The molecule has 2 aromatic heterocycles. The van der Waals surface area contributed by atoms with Gasteiger partial charge in [0.1, 0.15) is 5.82 Å². The lowest BCUT2D eigenvalue weighted by molar-refractivity contribution is 0.0610. The Morgan fingerprint density at radius 1 is 1.33 bits per heavy atom. The first-order chi connectivity index (χ1) is 10.1. The number of para-hydroxylation sites is 2. The number of aliphatic hydroxyl groups is 1. The number of aromatic nitrogens is 4. The summed E-state index contributed by atoms with van der Waals surface area (Å²) in [5.41, 5.74) is 6.31. The molecule has 7 nitrogen and oxygen atoms in total. The Bertz CT molecular complexity index is 714. The van der Waals surface area contributed by atoms with E-state index >= 15 is 0 Å². The molecule has 110 valence electrons. The van der Waals surface area contributed by atoms with E-state index in [2.05, 4.69) is 20.1 Å². The van der Waals surface area contributed by atoms with E-state index in [1.165, 1.54) is 0 Å².